The van der Waals surface area contributed by atoms with Gasteiger partial charge in [0.05, 0.1) is 41.7 Å². The fourth-order valence-electron chi connectivity index (χ4n) is 3.53. The summed E-state index contributed by atoms with van der Waals surface area (Å²) in [4.78, 5) is 16.7. The van der Waals surface area contributed by atoms with Crippen LogP contribution in [0.4, 0.5) is 5.69 Å². The summed E-state index contributed by atoms with van der Waals surface area (Å²) in [5, 5.41) is 10.5. The minimum atomic E-state index is -0.304. The van der Waals surface area contributed by atoms with E-state index >= 15 is 0 Å². The highest BCUT2D eigenvalue weighted by Gasteiger charge is 2.39. The molecule has 2 aromatic rings. The first kappa shape index (κ1) is 18.5. The van der Waals surface area contributed by atoms with Gasteiger partial charge in [0, 0.05) is 12.1 Å². The minimum Gasteiger partial charge on any atom is -0.494 e. The van der Waals surface area contributed by atoms with Gasteiger partial charge in [-0.2, -0.15) is 5.26 Å². The molecule has 0 bridgehead atoms. The maximum absolute atomic E-state index is 12.9. The second kappa shape index (κ2) is 7.64. The SMILES string of the molecule is CCOc1ccc(N2CSC3=C(C#N)[C@@H](c4ccc(C)o4)CC(=O)N3C2)cc1. The van der Waals surface area contributed by atoms with Crippen molar-refractivity contribution in [3.8, 4) is 11.8 Å². The predicted octanol–water partition coefficient (Wildman–Crippen LogP) is 4.21. The highest BCUT2D eigenvalue weighted by atomic mass is 32.2. The molecule has 4 rings (SSSR count). The van der Waals surface area contributed by atoms with E-state index in [0.717, 1.165) is 22.2 Å². The Hall–Kier alpha value is -2.85. The van der Waals surface area contributed by atoms with E-state index in [2.05, 4.69) is 11.0 Å². The average molecular weight is 395 g/mol. The Labute approximate surface area is 168 Å². The summed E-state index contributed by atoms with van der Waals surface area (Å²) in [6.45, 7) is 4.88. The number of anilines is 1. The summed E-state index contributed by atoms with van der Waals surface area (Å²) in [5.41, 5.74) is 1.63. The zero-order valence-corrected chi connectivity index (χ0v) is 16.7. The largest absolute Gasteiger partial charge is 0.494 e. The lowest BCUT2D eigenvalue weighted by molar-refractivity contribution is -0.130. The quantitative estimate of drug-likeness (QED) is 0.773. The van der Waals surface area contributed by atoms with E-state index in [1.54, 1.807) is 4.90 Å². The van der Waals surface area contributed by atoms with E-state index in [4.69, 9.17) is 9.15 Å². The maximum Gasteiger partial charge on any atom is 0.230 e. The van der Waals surface area contributed by atoms with Crippen molar-refractivity contribution in [2.75, 3.05) is 24.1 Å². The lowest BCUT2D eigenvalue weighted by Crippen LogP contribution is -2.47. The molecule has 1 amide bonds. The summed E-state index contributed by atoms with van der Waals surface area (Å²) in [6.07, 6.45) is 0.247. The number of carbonyl (C=O) groups excluding carboxylic acids is 1. The third-order valence-corrected chi connectivity index (χ3v) is 6.07. The number of hydrogen-bond acceptors (Lipinski definition) is 6. The van der Waals surface area contributed by atoms with Gasteiger partial charge >= 0.3 is 0 Å². The first-order valence-corrected chi connectivity index (χ1v) is 10.2. The van der Waals surface area contributed by atoms with Gasteiger partial charge in [0.1, 0.15) is 17.3 Å². The second-order valence-electron chi connectivity index (χ2n) is 6.74. The van der Waals surface area contributed by atoms with Gasteiger partial charge in [-0.1, -0.05) is 11.8 Å². The topological polar surface area (TPSA) is 69.7 Å². The Bertz CT molecular complexity index is 958. The monoisotopic (exact) mass is 395 g/mol. The number of fused-ring (bicyclic) bond motifs is 1. The molecule has 1 atom stereocenters. The third-order valence-electron chi connectivity index (χ3n) is 4.91. The zero-order chi connectivity index (χ0) is 19.7. The van der Waals surface area contributed by atoms with E-state index in [0.29, 0.717) is 30.5 Å². The molecule has 7 heteroatoms. The normalized spacial score (nSPS) is 19.5. The van der Waals surface area contributed by atoms with Crippen LogP contribution in [0.25, 0.3) is 0 Å². The van der Waals surface area contributed by atoms with Crippen molar-refractivity contribution in [1.29, 1.82) is 5.26 Å². The van der Waals surface area contributed by atoms with Gasteiger partial charge in [-0.25, -0.2) is 0 Å². The molecular weight excluding hydrogens is 374 g/mol. The number of rotatable bonds is 4. The second-order valence-corrected chi connectivity index (χ2v) is 7.67. The highest BCUT2D eigenvalue weighted by molar-refractivity contribution is 8.03. The fraction of sp³-hybridized carbons (Fsp3) is 0.333. The Morgan fingerprint density at radius 2 is 2.07 bits per heavy atom. The molecule has 1 aromatic heterocycles. The summed E-state index contributed by atoms with van der Waals surface area (Å²) in [5.74, 6) is 2.67. The molecule has 1 fully saturated rings. The van der Waals surface area contributed by atoms with E-state index in [1.807, 2.05) is 50.2 Å². The lowest BCUT2D eigenvalue weighted by Gasteiger charge is -2.41. The fourth-order valence-corrected chi connectivity index (χ4v) is 4.70. The number of hydrogen-bond donors (Lipinski definition) is 0. The number of nitriles is 1. The molecular formula is C21H21N3O3S. The molecule has 0 saturated carbocycles. The standard InChI is InChI=1S/C21H21N3O3S/c1-3-26-16-7-5-15(6-8-16)23-12-24-20(25)10-17(19-9-4-14(2)27-19)18(11-22)21(24)28-13-23/h4-9,17H,3,10,12-13H2,1-2H3/t17-/m0/s1. The van der Waals surface area contributed by atoms with Crippen molar-refractivity contribution in [2.24, 2.45) is 0 Å². The van der Waals surface area contributed by atoms with Gasteiger partial charge in [0.2, 0.25) is 5.91 Å². The molecule has 1 aromatic carbocycles. The van der Waals surface area contributed by atoms with Crippen LogP contribution in [0.2, 0.25) is 0 Å². The number of ether oxygens (including phenoxy) is 1. The molecule has 3 heterocycles. The van der Waals surface area contributed by atoms with Gasteiger partial charge in [-0.05, 0) is 50.2 Å². The van der Waals surface area contributed by atoms with Gasteiger partial charge in [-0.3, -0.25) is 9.69 Å². The van der Waals surface area contributed by atoms with Crippen LogP contribution in [0.5, 0.6) is 5.75 Å². The summed E-state index contributed by atoms with van der Waals surface area (Å²) in [6, 6.07) is 13.9. The number of benzene rings is 1. The van der Waals surface area contributed by atoms with Crippen LogP contribution >= 0.6 is 11.8 Å². The van der Waals surface area contributed by atoms with Gasteiger partial charge in [-0.15, -0.1) is 0 Å². The summed E-state index contributed by atoms with van der Waals surface area (Å²) < 4.78 is 11.2. The van der Waals surface area contributed by atoms with Crippen molar-refractivity contribution in [1.82, 2.24) is 4.90 Å². The van der Waals surface area contributed by atoms with Crippen molar-refractivity contribution in [3.05, 3.63) is 58.5 Å². The molecule has 144 valence electrons. The summed E-state index contributed by atoms with van der Waals surface area (Å²) in [7, 11) is 0. The van der Waals surface area contributed by atoms with Gasteiger partial charge in [0.25, 0.3) is 0 Å². The smallest absolute Gasteiger partial charge is 0.230 e. The number of allylic oxidation sites excluding steroid dienone is 1. The predicted molar refractivity (Wildman–Crippen MR) is 108 cm³/mol. The number of amides is 1. The first-order valence-electron chi connectivity index (χ1n) is 9.22. The van der Waals surface area contributed by atoms with Crippen molar-refractivity contribution in [2.45, 2.75) is 26.2 Å². The van der Waals surface area contributed by atoms with Crippen LogP contribution in [0, 0.1) is 18.3 Å². The van der Waals surface area contributed by atoms with Crippen molar-refractivity contribution < 1.29 is 13.9 Å². The van der Waals surface area contributed by atoms with Crippen molar-refractivity contribution >= 4 is 23.4 Å². The molecule has 28 heavy (non-hydrogen) atoms. The molecule has 6 nitrogen and oxygen atoms in total. The highest BCUT2D eigenvalue weighted by Crippen LogP contribution is 2.43. The minimum absolute atomic E-state index is 0.0104. The Morgan fingerprint density at radius 3 is 2.71 bits per heavy atom. The van der Waals surface area contributed by atoms with Gasteiger partial charge < -0.3 is 14.1 Å². The van der Waals surface area contributed by atoms with Crippen LogP contribution in [-0.4, -0.2) is 30.0 Å². The van der Waals surface area contributed by atoms with Crippen LogP contribution in [0.15, 0.2) is 51.4 Å². The van der Waals surface area contributed by atoms with Gasteiger partial charge in [0.15, 0.2) is 0 Å². The Kier molecular flexibility index (Phi) is 5.05. The van der Waals surface area contributed by atoms with Crippen LogP contribution in [0.3, 0.4) is 0 Å². The molecule has 2 aliphatic rings. The molecule has 2 aliphatic heterocycles. The van der Waals surface area contributed by atoms with Crippen LogP contribution in [0.1, 0.15) is 30.8 Å². The van der Waals surface area contributed by atoms with Crippen LogP contribution < -0.4 is 9.64 Å². The maximum atomic E-state index is 12.9. The van der Waals surface area contributed by atoms with E-state index in [-0.39, 0.29) is 18.2 Å². The van der Waals surface area contributed by atoms with E-state index < -0.39 is 0 Å². The molecule has 0 aliphatic carbocycles. The first-order chi connectivity index (χ1) is 13.6. The number of furan rings is 1. The van der Waals surface area contributed by atoms with Crippen LogP contribution in [-0.2, 0) is 4.79 Å². The third kappa shape index (κ3) is 3.36. The Morgan fingerprint density at radius 1 is 1.29 bits per heavy atom. The number of thioether (sulfide) groups is 1. The number of nitrogens with zero attached hydrogens (tertiary/aromatic N) is 3. The van der Waals surface area contributed by atoms with E-state index in [1.165, 1.54) is 11.8 Å². The molecule has 0 radical (unpaired) electrons. The Balaban J connectivity index is 1.59. The number of carbonyl (C=O) groups is 1. The molecule has 0 unspecified atom stereocenters. The number of aryl methyl sites for hydroxylation is 1. The zero-order valence-electron chi connectivity index (χ0n) is 15.8. The lowest BCUT2D eigenvalue weighted by atomic mass is 9.91. The molecule has 1 saturated heterocycles. The summed E-state index contributed by atoms with van der Waals surface area (Å²) >= 11 is 1.52. The van der Waals surface area contributed by atoms with E-state index in [9.17, 15) is 10.1 Å². The van der Waals surface area contributed by atoms with Crippen molar-refractivity contribution in [3.63, 3.8) is 0 Å². The molecule has 0 spiro atoms. The average Bonchev–Trinajstić information content (AvgIpc) is 3.15. The molecule has 0 N–H and O–H groups in total.